The monoisotopic (exact) mass is 288 g/mol. The zero-order chi connectivity index (χ0) is 15.4. The molecule has 0 radical (unpaired) electrons. The molecule has 0 aliphatic carbocycles. The van der Waals surface area contributed by atoms with Crippen LogP contribution in [0.15, 0.2) is 36.9 Å². The van der Waals surface area contributed by atoms with E-state index >= 15 is 0 Å². The number of nitrogens with zero attached hydrogens (tertiary/aromatic N) is 1. The summed E-state index contributed by atoms with van der Waals surface area (Å²) in [7, 11) is 0. The van der Waals surface area contributed by atoms with Gasteiger partial charge in [-0.25, -0.2) is 0 Å². The second-order valence-corrected chi connectivity index (χ2v) is 5.14. The number of aliphatic carboxylic acids is 1. The van der Waals surface area contributed by atoms with Gasteiger partial charge in [0.1, 0.15) is 6.04 Å². The van der Waals surface area contributed by atoms with Crippen molar-refractivity contribution < 1.29 is 14.7 Å². The summed E-state index contributed by atoms with van der Waals surface area (Å²) >= 11 is 0. The number of carbonyl (C=O) groups excluding carboxylic acids is 1. The average molecular weight is 288 g/mol. The Morgan fingerprint density at radius 2 is 2.24 bits per heavy atom. The van der Waals surface area contributed by atoms with Crippen molar-refractivity contribution in [3.63, 3.8) is 0 Å². The molecular formula is C16H20N2O3. The number of carboxylic acids is 1. The number of carboxylic acid groups (broad SMARTS) is 1. The van der Waals surface area contributed by atoms with Gasteiger partial charge in [-0.15, -0.1) is 6.58 Å². The maximum Gasteiger partial charge on any atom is 0.311 e. The van der Waals surface area contributed by atoms with Crippen molar-refractivity contribution in [2.24, 2.45) is 0 Å². The van der Waals surface area contributed by atoms with Crippen LogP contribution in [-0.2, 0) is 9.59 Å². The molecule has 1 heterocycles. The first-order chi connectivity index (χ1) is 10.1. The van der Waals surface area contributed by atoms with Gasteiger partial charge >= 0.3 is 5.97 Å². The van der Waals surface area contributed by atoms with Crippen LogP contribution < -0.4 is 10.2 Å². The number of fused-ring (bicyclic) bond motifs is 1. The number of nitrogens with one attached hydrogen (secondary N) is 1. The molecule has 5 nitrogen and oxygen atoms in total. The Bertz CT molecular complexity index is 556. The number of hydrogen-bond acceptors (Lipinski definition) is 3. The molecule has 2 unspecified atom stereocenters. The van der Waals surface area contributed by atoms with Crippen LogP contribution in [0.3, 0.4) is 0 Å². The van der Waals surface area contributed by atoms with Gasteiger partial charge in [0, 0.05) is 18.8 Å². The summed E-state index contributed by atoms with van der Waals surface area (Å²) in [6, 6.07) is 7.06. The Morgan fingerprint density at radius 3 is 2.90 bits per heavy atom. The number of carbonyl (C=O) groups is 2. The van der Waals surface area contributed by atoms with E-state index < -0.39 is 11.9 Å². The first-order valence-corrected chi connectivity index (χ1v) is 7.03. The highest BCUT2D eigenvalue weighted by Gasteiger charge is 2.33. The predicted molar refractivity (Wildman–Crippen MR) is 81.5 cm³/mol. The Hall–Kier alpha value is -2.30. The third-order valence-electron chi connectivity index (χ3n) is 3.85. The molecule has 1 aliphatic rings. The molecule has 112 valence electrons. The van der Waals surface area contributed by atoms with E-state index in [9.17, 15) is 14.7 Å². The maximum absolute atomic E-state index is 12.1. The Balaban J connectivity index is 2.26. The van der Waals surface area contributed by atoms with Crippen LogP contribution in [0.2, 0.25) is 0 Å². The molecule has 1 aliphatic heterocycles. The molecule has 0 fully saturated rings. The molecular weight excluding hydrogens is 268 g/mol. The van der Waals surface area contributed by atoms with E-state index in [-0.39, 0.29) is 11.9 Å². The third kappa shape index (κ3) is 3.07. The fourth-order valence-corrected chi connectivity index (χ4v) is 2.71. The quantitative estimate of drug-likeness (QED) is 0.810. The molecule has 1 aromatic carbocycles. The van der Waals surface area contributed by atoms with Crippen LogP contribution in [-0.4, -0.2) is 36.1 Å². The minimum Gasteiger partial charge on any atom is -0.481 e. The molecule has 2 atom stereocenters. The zero-order valence-corrected chi connectivity index (χ0v) is 12.1. The van der Waals surface area contributed by atoms with Gasteiger partial charge in [0.05, 0.1) is 5.92 Å². The lowest BCUT2D eigenvalue weighted by Crippen LogP contribution is -2.48. The van der Waals surface area contributed by atoms with Crippen molar-refractivity contribution in [2.75, 3.05) is 18.0 Å². The van der Waals surface area contributed by atoms with Crippen molar-refractivity contribution >= 4 is 17.6 Å². The maximum atomic E-state index is 12.1. The molecule has 21 heavy (non-hydrogen) atoms. The average Bonchev–Trinajstić information content (AvgIpc) is 2.50. The van der Waals surface area contributed by atoms with E-state index in [2.05, 4.69) is 11.9 Å². The van der Waals surface area contributed by atoms with Crippen LogP contribution >= 0.6 is 0 Å². The summed E-state index contributed by atoms with van der Waals surface area (Å²) in [5, 5.41) is 12.1. The van der Waals surface area contributed by atoms with E-state index in [1.807, 2.05) is 36.1 Å². The highest BCUT2D eigenvalue weighted by molar-refractivity contribution is 5.87. The molecule has 0 saturated carbocycles. The van der Waals surface area contributed by atoms with E-state index in [0.717, 1.165) is 11.3 Å². The zero-order valence-electron chi connectivity index (χ0n) is 12.1. The van der Waals surface area contributed by atoms with E-state index in [1.54, 1.807) is 6.08 Å². The van der Waals surface area contributed by atoms with Crippen LogP contribution in [0.4, 0.5) is 5.69 Å². The Morgan fingerprint density at radius 1 is 1.52 bits per heavy atom. The molecule has 2 rings (SSSR count). The summed E-state index contributed by atoms with van der Waals surface area (Å²) in [6.07, 6.45) is 2.14. The molecule has 1 aromatic rings. The van der Waals surface area contributed by atoms with Gasteiger partial charge in [-0.05, 0) is 25.0 Å². The summed E-state index contributed by atoms with van der Waals surface area (Å²) in [5.41, 5.74) is 1.61. The minimum atomic E-state index is -0.814. The van der Waals surface area contributed by atoms with Gasteiger partial charge in [0.15, 0.2) is 0 Å². The number of para-hydroxylation sites is 1. The van der Waals surface area contributed by atoms with Crippen LogP contribution in [0.25, 0.3) is 0 Å². The lowest BCUT2D eigenvalue weighted by atomic mass is 9.89. The van der Waals surface area contributed by atoms with E-state index in [4.69, 9.17) is 0 Å². The van der Waals surface area contributed by atoms with Gasteiger partial charge in [-0.2, -0.15) is 0 Å². The predicted octanol–water partition coefficient (Wildman–Crippen LogP) is 1.76. The van der Waals surface area contributed by atoms with Crippen molar-refractivity contribution in [3.8, 4) is 0 Å². The molecule has 0 saturated heterocycles. The number of amides is 1. The minimum absolute atomic E-state index is 0.0847. The van der Waals surface area contributed by atoms with Crippen molar-refractivity contribution in [1.29, 1.82) is 0 Å². The van der Waals surface area contributed by atoms with Crippen molar-refractivity contribution in [1.82, 2.24) is 5.32 Å². The highest BCUT2D eigenvalue weighted by Crippen LogP contribution is 2.36. The largest absolute Gasteiger partial charge is 0.481 e. The number of benzene rings is 1. The van der Waals surface area contributed by atoms with E-state index in [0.29, 0.717) is 19.5 Å². The smallest absolute Gasteiger partial charge is 0.311 e. The first kappa shape index (κ1) is 15.1. The molecule has 5 heteroatoms. The highest BCUT2D eigenvalue weighted by atomic mass is 16.4. The van der Waals surface area contributed by atoms with Gasteiger partial charge < -0.3 is 15.3 Å². The fraction of sp³-hybridized carbons (Fsp3) is 0.375. The molecule has 1 amide bonds. The molecule has 0 bridgehead atoms. The number of rotatable bonds is 5. The lowest BCUT2D eigenvalue weighted by Gasteiger charge is -2.37. The summed E-state index contributed by atoms with van der Waals surface area (Å²) in [4.78, 5) is 25.4. The van der Waals surface area contributed by atoms with Crippen LogP contribution in [0, 0.1) is 0 Å². The molecule has 0 aromatic heterocycles. The first-order valence-electron chi connectivity index (χ1n) is 7.03. The Kier molecular flexibility index (Phi) is 4.62. The summed E-state index contributed by atoms with van der Waals surface area (Å²) in [6.45, 7) is 6.39. The second-order valence-electron chi connectivity index (χ2n) is 5.14. The molecule has 0 spiro atoms. The molecule has 2 N–H and O–H groups in total. The standard InChI is InChI=1S/C16H20N2O3/c1-3-9-17-15(19)11(2)18-10-8-13(16(20)21)12-6-4-5-7-14(12)18/h3-7,11,13H,1,8-10H2,2H3,(H,17,19)(H,20,21). The van der Waals surface area contributed by atoms with Crippen LogP contribution in [0.1, 0.15) is 24.8 Å². The lowest BCUT2D eigenvalue weighted by molar-refractivity contribution is -0.139. The van der Waals surface area contributed by atoms with Crippen molar-refractivity contribution in [2.45, 2.75) is 25.3 Å². The summed E-state index contributed by atoms with van der Waals surface area (Å²) < 4.78 is 0. The van der Waals surface area contributed by atoms with Gasteiger partial charge in [0.25, 0.3) is 0 Å². The van der Waals surface area contributed by atoms with Crippen LogP contribution in [0.5, 0.6) is 0 Å². The fourth-order valence-electron chi connectivity index (χ4n) is 2.71. The Labute approximate surface area is 124 Å². The summed E-state index contributed by atoms with van der Waals surface area (Å²) in [5.74, 6) is -1.40. The van der Waals surface area contributed by atoms with Gasteiger partial charge in [-0.3, -0.25) is 9.59 Å². The SMILES string of the molecule is C=CCNC(=O)C(C)N1CCC(C(=O)O)c2ccccc21. The normalized spacial score (nSPS) is 18.5. The van der Waals surface area contributed by atoms with Crippen molar-refractivity contribution in [3.05, 3.63) is 42.5 Å². The topological polar surface area (TPSA) is 69.6 Å². The van der Waals surface area contributed by atoms with Gasteiger partial charge in [-0.1, -0.05) is 24.3 Å². The third-order valence-corrected chi connectivity index (χ3v) is 3.85. The van der Waals surface area contributed by atoms with E-state index in [1.165, 1.54) is 0 Å². The number of anilines is 1. The second kappa shape index (κ2) is 6.43. The number of hydrogen-bond donors (Lipinski definition) is 2. The van der Waals surface area contributed by atoms with Gasteiger partial charge in [0.2, 0.25) is 5.91 Å².